The normalized spacial score (nSPS) is 10.4. The Morgan fingerprint density at radius 1 is 1.29 bits per heavy atom. The molecule has 92 valence electrons. The van der Waals surface area contributed by atoms with Gasteiger partial charge in [-0.2, -0.15) is 0 Å². The molecule has 0 heterocycles. The van der Waals surface area contributed by atoms with Crippen molar-refractivity contribution >= 4 is 27.7 Å². The summed E-state index contributed by atoms with van der Waals surface area (Å²) in [5, 5.41) is 0. The smallest absolute Gasteiger partial charge is 0.254 e. The van der Waals surface area contributed by atoms with Crippen molar-refractivity contribution in [3.05, 3.63) is 34.3 Å². The molecule has 1 rings (SSSR count). The van der Waals surface area contributed by atoms with Crippen LogP contribution in [0.3, 0.4) is 0 Å². The number of amides is 2. The first-order chi connectivity index (χ1) is 7.91. The van der Waals surface area contributed by atoms with Crippen LogP contribution in [-0.4, -0.2) is 29.3 Å². The Bertz CT molecular complexity index is 415. The SMILES string of the molecule is CC(C)N(CC(N)=O)C(=O)c1ccc(Br)cc1. The molecule has 5 heteroatoms. The third-order valence-electron chi connectivity index (χ3n) is 2.30. The van der Waals surface area contributed by atoms with Gasteiger partial charge < -0.3 is 10.6 Å². The van der Waals surface area contributed by atoms with Crippen LogP contribution in [0.5, 0.6) is 0 Å². The molecule has 0 spiro atoms. The molecule has 0 radical (unpaired) electrons. The number of rotatable bonds is 4. The minimum Gasteiger partial charge on any atom is -0.368 e. The fourth-order valence-corrected chi connectivity index (χ4v) is 1.68. The molecule has 0 aliphatic rings. The maximum atomic E-state index is 12.1. The molecule has 0 fully saturated rings. The highest BCUT2D eigenvalue weighted by atomic mass is 79.9. The maximum Gasteiger partial charge on any atom is 0.254 e. The topological polar surface area (TPSA) is 63.4 Å². The zero-order valence-corrected chi connectivity index (χ0v) is 11.4. The second-order valence-electron chi connectivity index (χ2n) is 4.00. The zero-order valence-electron chi connectivity index (χ0n) is 9.81. The van der Waals surface area contributed by atoms with Gasteiger partial charge in [-0.1, -0.05) is 15.9 Å². The summed E-state index contributed by atoms with van der Waals surface area (Å²) in [4.78, 5) is 24.5. The molecule has 0 aromatic heterocycles. The van der Waals surface area contributed by atoms with Crippen LogP contribution in [0.4, 0.5) is 0 Å². The van der Waals surface area contributed by atoms with Gasteiger partial charge in [0.1, 0.15) is 0 Å². The summed E-state index contributed by atoms with van der Waals surface area (Å²) in [7, 11) is 0. The van der Waals surface area contributed by atoms with Crippen LogP contribution in [-0.2, 0) is 4.79 Å². The maximum absolute atomic E-state index is 12.1. The molecule has 1 aromatic carbocycles. The van der Waals surface area contributed by atoms with Crippen molar-refractivity contribution in [2.75, 3.05) is 6.54 Å². The van der Waals surface area contributed by atoms with Gasteiger partial charge >= 0.3 is 0 Å². The summed E-state index contributed by atoms with van der Waals surface area (Å²) in [5.41, 5.74) is 5.68. The number of halogens is 1. The summed E-state index contributed by atoms with van der Waals surface area (Å²) in [5.74, 6) is -0.699. The highest BCUT2D eigenvalue weighted by molar-refractivity contribution is 9.10. The lowest BCUT2D eigenvalue weighted by molar-refractivity contribution is -0.119. The van der Waals surface area contributed by atoms with Crippen LogP contribution in [0.15, 0.2) is 28.7 Å². The predicted molar refractivity (Wildman–Crippen MR) is 69.5 cm³/mol. The lowest BCUT2D eigenvalue weighted by Gasteiger charge is -2.25. The molecule has 2 amide bonds. The number of carbonyl (C=O) groups is 2. The molecule has 0 saturated carbocycles. The quantitative estimate of drug-likeness (QED) is 0.921. The van der Waals surface area contributed by atoms with E-state index in [0.717, 1.165) is 4.47 Å². The Labute approximate surface area is 109 Å². The third kappa shape index (κ3) is 3.85. The van der Waals surface area contributed by atoms with E-state index in [1.165, 1.54) is 4.90 Å². The highest BCUT2D eigenvalue weighted by Crippen LogP contribution is 2.13. The van der Waals surface area contributed by atoms with E-state index < -0.39 is 5.91 Å². The van der Waals surface area contributed by atoms with Gasteiger partial charge in [0.2, 0.25) is 5.91 Å². The van der Waals surface area contributed by atoms with E-state index in [9.17, 15) is 9.59 Å². The Morgan fingerprint density at radius 3 is 2.24 bits per heavy atom. The Balaban J connectivity index is 2.91. The highest BCUT2D eigenvalue weighted by Gasteiger charge is 2.20. The van der Waals surface area contributed by atoms with Crippen LogP contribution in [0.2, 0.25) is 0 Å². The fourth-order valence-electron chi connectivity index (χ4n) is 1.42. The molecule has 1 aromatic rings. The van der Waals surface area contributed by atoms with E-state index in [2.05, 4.69) is 15.9 Å². The van der Waals surface area contributed by atoms with Crippen LogP contribution >= 0.6 is 15.9 Å². The van der Waals surface area contributed by atoms with Crippen molar-refractivity contribution in [2.24, 2.45) is 5.73 Å². The van der Waals surface area contributed by atoms with Gasteiger partial charge in [0.25, 0.3) is 5.91 Å². The second kappa shape index (κ2) is 5.82. The molecule has 0 aliphatic carbocycles. The van der Waals surface area contributed by atoms with E-state index >= 15 is 0 Å². The molecule has 0 bridgehead atoms. The number of primary amides is 1. The summed E-state index contributed by atoms with van der Waals surface area (Å²) in [6.45, 7) is 3.63. The molecule has 0 atom stereocenters. The largest absolute Gasteiger partial charge is 0.368 e. The molecule has 0 saturated heterocycles. The first-order valence-electron chi connectivity index (χ1n) is 5.26. The molecule has 0 unspecified atom stereocenters. The summed E-state index contributed by atoms with van der Waals surface area (Å²) < 4.78 is 0.903. The van der Waals surface area contributed by atoms with Crippen molar-refractivity contribution in [2.45, 2.75) is 19.9 Å². The van der Waals surface area contributed by atoms with Gasteiger partial charge in [0.05, 0.1) is 6.54 Å². The minimum absolute atomic E-state index is 0.0629. The second-order valence-corrected chi connectivity index (χ2v) is 4.92. The average molecular weight is 299 g/mol. The van der Waals surface area contributed by atoms with Gasteiger partial charge in [-0.15, -0.1) is 0 Å². The number of benzene rings is 1. The first-order valence-corrected chi connectivity index (χ1v) is 6.06. The standard InChI is InChI=1S/C12H15BrN2O2/c1-8(2)15(7-11(14)16)12(17)9-3-5-10(13)6-4-9/h3-6,8H,7H2,1-2H3,(H2,14,16). The van der Waals surface area contributed by atoms with Crippen molar-refractivity contribution in [3.8, 4) is 0 Å². The number of carbonyl (C=O) groups excluding carboxylic acids is 2. The number of hydrogen-bond acceptors (Lipinski definition) is 2. The van der Waals surface area contributed by atoms with Gasteiger partial charge in [0, 0.05) is 16.1 Å². The Kier molecular flexibility index (Phi) is 4.69. The lowest BCUT2D eigenvalue weighted by Crippen LogP contribution is -2.42. The third-order valence-corrected chi connectivity index (χ3v) is 2.83. The van der Waals surface area contributed by atoms with Crippen LogP contribution in [0, 0.1) is 0 Å². The van der Waals surface area contributed by atoms with Crippen molar-refractivity contribution in [1.29, 1.82) is 0 Å². The number of nitrogens with zero attached hydrogens (tertiary/aromatic N) is 1. The first kappa shape index (κ1) is 13.7. The van der Waals surface area contributed by atoms with E-state index in [1.54, 1.807) is 24.3 Å². The average Bonchev–Trinajstić information content (AvgIpc) is 2.25. The number of hydrogen-bond donors (Lipinski definition) is 1. The molecule has 0 aliphatic heterocycles. The Morgan fingerprint density at radius 2 is 1.82 bits per heavy atom. The van der Waals surface area contributed by atoms with Crippen LogP contribution in [0.25, 0.3) is 0 Å². The van der Waals surface area contributed by atoms with Crippen molar-refractivity contribution < 1.29 is 9.59 Å². The summed E-state index contributed by atoms with van der Waals surface area (Å²) in [6.07, 6.45) is 0. The predicted octanol–water partition coefficient (Wildman–Crippen LogP) is 1.78. The molecular weight excluding hydrogens is 284 g/mol. The Hall–Kier alpha value is -1.36. The van der Waals surface area contributed by atoms with Gasteiger partial charge in [0.15, 0.2) is 0 Å². The van der Waals surface area contributed by atoms with Crippen molar-refractivity contribution in [3.63, 3.8) is 0 Å². The summed E-state index contributed by atoms with van der Waals surface area (Å²) in [6, 6.07) is 6.93. The van der Waals surface area contributed by atoms with Gasteiger partial charge in [-0.25, -0.2) is 0 Å². The van der Waals surface area contributed by atoms with E-state index in [4.69, 9.17) is 5.73 Å². The monoisotopic (exact) mass is 298 g/mol. The molecule has 4 nitrogen and oxygen atoms in total. The minimum atomic E-state index is -0.510. The number of nitrogens with two attached hydrogens (primary N) is 1. The van der Waals surface area contributed by atoms with Crippen molar-refractivity contribution in [1.82, 2.24) is 4.90 Å². The molecule has 17 heavy (non-hydrogen) atoms. The lowest BCUT2D eigenvalue weighted by atomic mass is 10.1. The van der Waals surface area contributed by atoms with Crippen LogP contribution < -0.4 is 5.73 Å². The van der Waals surface area contributed by atoms with Gasteiger partial charge in [-0.3, -0.25) is 9.59 Å². The zero-order chi connectivity index (χ0) is 13.0. The van der Waals surface area contributed by atoms with E-state index in [0.29, 0.717) is 5.56 Å². The molecular formula is C12H15BrN2O2. The van der Waals surface area contributed by atoms with E-state index in [1.807, 2.05) is 13.8 Å². The van der Waals surface area contributed by atoms with Gasteiger partial charge in [-0.05, 0) is 38.1 Å². The van der Waals surface area contributed by atoms with Crippen LogP contribution in [0.1, 0.15) is 24.2 Å². The summed E-state index contributed by atoms with van der Waals surface area (Å²) >= 11 is 3.30. The van der Waals surface area contributed by atoms with E-state index in [-0.39, 0.29) is 18.5 Å². The fraction of sp³-hybridized carbons (Fsp3) is 0.333. The molecule has 2 N–H and O–H groups in total.